The molecule has 4 heteroatoms. The van der Waals surface area contributed by atoms with E-state index in [-0.39, 0.29) is 24.2 Å². The van der Waals surface area contributed by atoms with Crippen molar-refractivity contribution in [3.8, 4) is 23.8 Å². The molecule has 0 radical (unpaired) electrons. The zero-order valence-electron chi connectivity index (χ0n) is 10.4. The first-order valence-electron chi connectivity index (χ1n) is 5.51. The summed E-state index contributed by atoms with van der Waals surface area (Å²) in [6, 6.07) is 5.48. The van der Waals surface area contributed by atoms with Gasteiger partial charge in [-0.25, -0.2) is 0 Å². The van der Waals surface area contributed by atoms with Gasteiger partial charge in [-0.05, 0) is 35.2 Å². The molecule has 1 aromatic carbocycles. The molecule has 0 saturated carbocycles. The van der Waals surface area contributed by atoms with Gasteiger partial charge in [-0.2, -0.15) is 0 Å². The second kappa shape index (κ2) is 6.93. The molecule has 0 saturated heterocycles. The van der Waals surface area contributed by atoms with Crippen molar-refractivity contribution in [1.29, 1.82) is 0 Å². The number of rotatable bonds is 6. The number of hydrogen-bond donors (Lipinski definition) is 0. The third-order valence-corrected chi connectivity index (χ3v) is 2.69. The summed E-state index contributed by atoms with van der Waals surface area (Å²) in [4.78, 5) is 10.9. The Morgan fingerprint density at radius 3 is 2.78 bits per heavy atom. The Bertz CT molecular complexity index is 463. The molecule has 96 valence electrons. The molecule has 0 spiro atoms. The smallest absolute Gasteiger partial charge is 0.222 e. The highest BCUT2D eigenvalue weighted by atomic mass is 35.5. The normalized spacial score (nSPS) is 11.4. The van der Waals surface area contributed by atoms with Gasteiger partial charge in [0.1, 0.15) is 6.61 Å². The summed E-state index contributed by atoms with van der Waals surface area (Å²) in [6.07, 6.45) is 5.42. The van der Waals surface area contributed by atoms with Gasteiger partial charge in [0.25, 0.3) is 0 Å². The van der Waals surface area contributed by atoms with E-state index in [9.17, 15) is 4.79 Å². The first kappa shape index (κ1) is 14.4. The van der Waals surface area contributed by atoms with E-state index in [1.165, 1.54) is 0 Å². The molecule has 0 fully saturated rings. The Morgan fingerprint density at radius 2 is 2.22 bits per heavy atom. The van der Waals surface area contributed by atoms with Gasteiger partial charge < -0.3 is 9.47 Å². The van der Waals surface area contributed by atoms with Crippen LogP contribution in [0.3, 0.4) is 0 Å². The highest BCUT2D eigenvalue weighted by molar-refractivity contribution is 6.63. The van der Waals surface area contributed by atoms with Crippen LogP contribution in [0.2, 0.25) is 0 Å². The average molecular weight is 267 g/mol. The standard InChI is InChI=1S/C14H15ClO3/c1-4-7-18-12-6-5-11(9-13(12)17-3)10(2)8-14(15)16/h1,5-6,9-10H,7-8H2,2-3H3. The fourth-order valence-electron chi connectivity index (χ4n) is 1.59. The quantitative estimate of drug-likeness (QED) is 0.587. The summed E-state index contributed by atoms with van der Waals surface area (Å²) in [5.41, 5.74) is 0.967. The van der Waals surface area contributed by atoms with Gasteiger partial charge in [0.15, 0.2) is 11.5 Å². The van der Waals surface area contributed by atoms with Crippen LogP contribution < -0.4 is 9.47 Å². The summed E-state index contributed by atoms with van der Waals surface area (Å²) in [5, 5.41) is -0.353. The minimum absolute atomic E-state index is 0.0329. The van der Waals surface area contributed by atoms with Crippen LogP contribution in [0.15, 0.2) is 18.2 Å². The largest absolute Gasteiger partial charge is 0.493 e. The van der Waals surface area contributed by atoms with Crippen molar-refractivity contribution in [2.45, 2.75) is 19.3 Å². The van der Waals surface area contributed by atoms with Crippen molar-refractivity contribution >= 4 is 16.8 Å². The Labute approximate surface area is 112 Å². The number of carbonyl (C=O) groups is 1. The molecule has 0 heterocycles. The third kappa shape index (κ3) is 3.97. The number of carbonyl (C=O) groups excluding carboxylic acids is 1. The van der Waals surface area contributed by atoms with Crippen molar-refractivity contribution < 1.29 is 14.3 Å². The second-order valence-electron chi connectivity index (χ2n) is 3.86. The van der Waals surface area contributed by atoms with E-state index in [0.717, 1.165) is 5.56 Å². The molecule has 1 aromatic rings. The summed E-state index contributed by atoms with van der Waals surface area (Å²) in [6.45, 7) is 2.11. The highest BCUT2D eigenvalue weighted by Gasteiger charge is 2.12. The van der Waals surface area contributed by atoms with Crippen LogP contribution in [0.4, 0.5) is 0 Å². The van der Waals surface area contributed by atoms with E-state index in [2.05, 4.69) is 5.92 Å². The summed E-state index contributed by atoms with van der Waals surface area (Å²) >= 11 is 5.38. The van der Waals surface area contributed by atoms with Crippen molar-refractivity contribution in [3.05, 3.63) is 23.8 Å². The first-order valence-corrected chi connectivity index (χ1v) is 5.88. The molecule has 0 aliphatic heterocycles. The maximum absolute atomic E-state index is 10.9. The minimum atomic E-state index is -0.353. The molecular weight excluding hydrogens is 252 g/mol. The molecule has 1 atom stereocenters. The number of benzene rings is 1. The van der Waals surface area contributed by atoms with Gasteiger partial charge in [-0.1, -0.05) is 18.9 Å². The summed E-state index contributed by atoms with van der Waals surface area (Å²) < 4.78 is 10.6. The topological polar surface area (TPSA) is 35.5 Å². The van der Waals surface area contributed by atoms with Gasteiger partial charge in [-0.15, -0.1) is 6.42 Å². The number of ether oxygens (including phenoxy) is 2. The van der Waals surface area contributed by atoms with Gasteiger partial charge in [0.2, 0.25) is 5.24 Å². The minimum Gasteiger partial charge on any atom is -0.493 e. The maximum Gasteiger partial charge on any atom is 0.222 e. The van der Waals surface area contributed by atoms with Crippen molar-refractivity contribution in [1.82, 2.24) is 0 Å². The predicted molar refractivity (Wildman–Crippen MR) is 71.2 cm³/mol. The van der Waals surface area contributed by atoms with Crippen LogP contribution in [0.25, 0.3) is 0 Å². The van der Waals surface area contributed by atoms with Gasteiger partial charge in [0, 0.05) is 6.42 Å². The second-order valence-corrected chi connectivity index (χ2v) is 4.28. The predicted octanol–water partition coefficient (Wildman–Crippen LogP) is 2.97. The lowest BCUT2D eigenvalue weighted by Crippen LogP contribution is -2.01. The Hall–Kier alpha value is -1.66. The highest BCUT2D eigenvalue weighted by Crippen LogP contribution is 2.32. The molecule has 18 heavy (non-hydrogen) atoms. The molecule has 0 aliphatic rings. The van der Waals surface area contributed by atoms with Crippen molar-refractivity contribution in [3.63, 3.8) is 0 Å². The lowest BCUT2D eigenvalue weighted by Gasteiger charge is -2.14. The van der Waals surface area contributed by atoms with Crippen LogP contribution in [-0.2, 0) is 4.79 Å². The lowest BCUT2D eigenvalue weighted by molar-refractivity contribution is -0.111. The van der Waals surface area contributed by atoms with E-state index >= 15 is 0 Å². The molecule has 0 N–H and O–H groups in total. The Balaban J connectivity index is 2.91. The van der Waals surface area contributed by atoms with E-state index in [0.29, 0.717) is 11.5 Å². The molecule has 0 aromatic heterocycles. The number of halogens is 1. The van der Waals surface area contributed by atoms with Gasteiger partial charge in [-0.3, -0.25) is 4.79 Å². The van der Waals surface area contributed by atoms with Gasteiger partial charge in [0.05, 0.1) is 7.11 Å². The van der Waals surface area contributed by atoms with Gasteiger partial charge >= 0.3 is 0 Å². The zero-order valence-corrected chi connectivity index (χ0v) is 11.2. The monoisotopic (exact) mass is 266 g/mol. The third-order valence-electron chi connectivity index (χ3n) is 2.53. The van der Waals surface area contributed by atoms with Crippen LogP contribution in [0.1, 0.15) is 24.8 Å². The van der Waals surface area contributed by atoms with E-state index in [4.69, 9.17) is 27.5 Å². The maximum atomic E-state index is 10.9. The zero-order chi connectivity index (χ0) is 13.5. The van der Waals surface area contributed by atoms with Crippen molar-refractivity contribution in [2.75, 3.05) is 13.7 Å². The molecule has 0 amide bonds. The Morgan fingerprint density at radius 1 is 1.50 bits per heavy atom. The molecular formula is C14H15ClO3. The van der Waals surface area contributed by atoms with E-state index in [1.54, 1.807) is 13.2 Å². The molecule has 1 rings (SSSR count). The Kier molecular flexibility index (Phi) is 5.54. The molecule has 0 aliphatic carbocycles. The lowest BCUT2D eigenvalue weighted by atomic mass is 9.98. The molecule has 1 unspecified atom stereocenters. The SMILES string of the molecule is C#CCOc1ccc(C(C)CC(=O)Cl)cc1OC. The van der Waals surface area contributed by atoms with E-state index in [1.807, 2.05) is 19.1 Å². The van der Waals surface area contributed by atoms with Crippen LogP contribution in [-0.4, -0.2) is 19.0 Å². The average Bonchev–Trinajstić information content (AvgIpc) is 2.35. The van der Waals surface area contributed by atoms with Crippen molar-refractivity contribution in [2.24, 2.45) is 0 Å². The fourth-order valence-corrected chi connectivity index (χ4v) is 1.82. The molecule has 3 nitrogen and oxygen atoms in total. The molecule has 0 bridgehead atoms. The van der Waals surface area contributed by atoms with Crippen LogP contribution >= 0.6 is 11.6 Å². The van der Waals surface area contributed by atoms with Crippen LogP contribution in [0.5, 0.6) is 11.5 Å². The summed E-state index contributed by atoms with van der Waals surface area (Å²) in [7, 11) is 1.55. The summed E-state index contributed by atoms with van der Waals surface area (Å²) in [5.74, 6) is 3.60. The number of terminal acetylenes is 1. The van der Waals surface area contributed by atoms with E-state index < -0.39 is 0 Å². The number of methoxy groups -OCH3 is 1. The van der Waals surface area contributed by atoms with Crippen LogP contribution in [0, 0.1) is 12.3 Å². The fraction of sp³-hybridized carbons (Fsp3) is 0.357. The number of hydrogen-bond acceptors (Lipinski definition) is 3. The first-order chi connectivity index (χ1) is 8.58.